The van der Waals surface area contributed by atoms with Crippen LogP contribution < -0.4 is 20.7 Å². The number of carbonyl (C=O) groups excluding carboxylic acids is 1. The fraction of sp³-hybridized carbons (Fsp3) is 0.320. The first-order valence-electron chi connectivity index (χ1n) is 11.2. The van der Waals surface area contributed by atoms with Crippen LogP contribution >= 0.6 is 11.3 Å². The van der Waals surface area contributed by atoms with Crippen LogP contribution in [-0.2, 0) is 11.2 Å². The number of primary amides is 1. The van der Waals surface area contributed by atoms with Crippen molar-refractivity contribution in [3.8, 4) is 5.75 Å². The number of hydrogen-bond acceptors (Lipinski definition) is 7. The van der Waals surface area contributed by atoms with Gasteiger partial charge in [-0.05, 0) is 62.1 Å². The predicted octanol–water partition coefficient (Wildman–Crippen LogP) is 4.24. The third-order valence-corrected chi connectivity index (χ3v) is 6.34. The second kappa shape index (κ2) is 11.1. The van der Waals surface area contributed by atoms with Gasteiger partial charge in [-0.25, -0.2) is 9.98 Å². The van der Waals surface area contributed by atoms with E-state index in [4.69, 9.17) is 10.5 Å². The lowest BCUT2D eigenvalue weighted by Gasteiger charge is -2.34. The van der Waals surface area contributed by atoms with Crippen LogP contribution in [0.15, 0.2) is 65.2 Å². The molecule has 2 heterocycles. The number of aromatic nitrogens is 1. The second-order valence-electron chi connectivity index (χ2n) is 7.92. The number of hydrogen-bond donors (Lipinski definition) is 2. The molecular formula is C25H29N5O2S. The average molecular weight is 464 g/mol. The molecule has 1 aromatic heterocycles. The van der Waals surface area contributed by atoms with E-state index in [1.165, 1.54) is 0 Å². The van der Waals surface area contributed by atoms with Crippen molar-refractivity contribution in [1.29, 1.82) is 0 Å². The maximum atomic E-state index is 10.9. The molecule has 0 aliphatic carbocycles. The lowest BCUT2D eigenvalue weighted by Crippen LogP contribution is -2.49. The molecule has 0 spiro atoms. The van der Waals surface area contributed by atoms with Gasteiger partial charge in [0.25, 0.3) is 0 Å². The summed E-state index contributed by atoms with van der Waals surface area (Å²) in [4.78, 5) is 22.0. The van der Waals surface area contributed by atoms with Crippen LogP contribution in [0.25, 0.3) is 10.2 Å². The first-order valence-corrected chi connectivity index (χ1v) is 12.1. The van der Waals surface area contributed by atoms with Crippen molar-refractivity contribution in [3.63, 3.8) is 0 Å². The van der Waals surface area contributed by atoms with E-state index in [0.717, 1.165) is 58.9 Å². The molecule has 0 bridgehead atoms. The number of nitrogens with zero attached hydrogens (tertiary/aromatic N) is 3. The molecule has 0 radical (unpaired) electrons. The van der Waals surface area contributed by atoms with Crippen LogP contribution in [0.4, 0.5) is 5.69 Å². The zero-order chi connectivity index (χ0) is 23.0. The van der Waals surface area contributed by atoms with Gasteiger partial charge in [-0.2, -0.15) is 0 Å². The van der Waals surface area contributed by atoms with Crippen molar-refractivity contribution < 1.29 is 9.53 Å². The Kier molecular flexibility index (Phi) is 7.70. The van der Waals surface area contributed by atoms with Gasteiger partial charge in [0, 0.05) is 24.9 Å². The molecule has 1 aliphatic rings. The zero-order valence-corrected chi connectivity index (χ0v) is 19.6. The molecule has 1 amide bonds. The Bertz CT molecular complexity index is 1160. The summed E-state index contributed by atoms with van der Waals surface area (Å²) in [7, 11) is 0. The summed E-state index contributed by atoms with van der Waals surface area (Å²) in [5.74, 6) is 1.57. The van der Waals surface area contributed by atoms with Gasteiger partial charge in [-0.1, -0.05) is 18.2 Å². The minimum absolute atomic E-state index is 0.00903. The smallest absolute Gasteiger partial charge is 0.217 e. The van der Waals surface area contributed by atoms with Crippen molar-refractivity contribution in [2.45, 2.75) is 38.8 Å². The van der Waals surface area contributed by atoms with Gasteiger partial charge in [-0.3, -0.25) is 10.1 Å². The monoisotopic (exact) mass is 463 g/mol. The quantitative estimate of drug-likeness (QED) is 0.415. The van der Waals surface area contributed by atoms with Crippen molar-refractivity contribution in [3.05, 3.63) is 65.8 Å². The number of aliphatic imine (C=N–C) groups is 1. The fourth-order valence-electron chi connectivity index (χ4n) is 3.87. The first kappa shape index (κ1) is 22.9. The van der Waals surface area contributed by atoms with Gasteiger partial charge in [0.2, 0.25) is 5.91 Å². The highest BCUT2D eigenvalue weighted by atomic mass is 32.1. The van der Waals surface area contributed by atoms with Crippen molar-refractivity contribution >= 4 is 39.0 Å². The summed E-state index contributed by atoms with van der Waals surface area (Å²) in [6, 6.07) is 14.4. The Morgan fingerprint density at radius 2 is 2.12 bits per heavy atom. The number of fused-ring (bicyclic) bond motifs is 1. The van der Waals surface area contributed by atoms with E-state index in [1.54, 1.807) is 11.3 Å². The first-order chi connectivity index (χ1) is 16.1. The van der Waals surface area contributed by atoms with Gasteiger partial charge in [0.05, 0.1) is 22.3 Å². The number of thiazole rings is 1. The summed E-state index contributed by atoms with van der Waals surface area (Å²) < 4.78 is 7.14. The predicted molar refractivity (Wildman–Crippen MR) is 135 cm³/mol. The van der Waals surface area contributed by atoms with E-state index in [1.807, 2.05) is 36.8 Å². The molecule has 3 N–H and O–H groups in total. The number of rotatable bonds is 11. The number of amidine groups is 1. The number of ether oxygens (including phenoxy) is 1. The average Bonchev–Trinajstić information content (AvgIpc) is 3.27. The molecule has 7 nitrogen and oxygen atoms in total. The third-order valence-electron chi connectivity index (χ3n) is 5.55. The molecule has 172 valence electrons. The molecule has 2 aromatic carbocycles. The number of amides is 1. The van der Waals surface area contributed by atoms with E-state index < -0.39 is 0 Å². The third kappa shape index (κ3) is 5.97. The van der Waals surface area contributed by atoms with Crippen molar-refractivity contribution in [2.75, 3.05) is 18.1 Å². The summed E-state index contributed by atoms with van der Waals surface area (Å²) in [5.41, 5.74) is 10.3. The zero-order valence-electron chi connectivity index (χ0n) is 18.7. The van der Waals surface area contributed by atoms with Gasteiger partial charge in [0.15, 0.2) is 0 Å². The Morgan fingerprint density at radius 1 is 1.24 bits per heavy atom. The van der Waals surface area contributed by atoms with E-state index in [9.17, 15) is 4.79 Å². The highest BCUT2D eigenvalue weighted by Gasteiger charge is 2.22. The SMILES string of the molecule is CC1=NC=CC(NCCc2ccccc2OCCCCC(N)=O)N1c1ccc2ncsc2c1. The number of nitrogens with one attached hydrogen (secondary N) is 1. The van der Waals surface area contributed by atoms with Crippen LogP contribution in [0.3, 0.4) is 0 Å². The standard InChI is InChI=1S/C25H29N5O2S/c1-18-27-14-12-25(30(18)20-9-10-21-23(16-20)33-17-29-21)28-13-11-19-6-2-3-7-22(19)32-15-5-4-8-24(26)31/h2-3,6-7,9-10,12,14,16-17,25,28H,4-5,8,11,13,15H2,1H3,(H2,26,31). The minimum atomic E-state index is -0.264. The summed E-state index contributed by atoms with van der Waals surface area (Å²) in [6.07, 6.45) is 6.73. The molecule has 4 rings (SSSR count). The molecule has 0 saturated heterocycles. The van der Waals surface area contributed by atoms with E-state index in [-0.39, 0.29) is 12.1 Å². The van der Waals surface area contributed by atoms with Crippen molar-refractivity contribution in [2.24, 2.45) is 10.7 Å². The Hall–Kier alpha value is -3.23. The normalized spacial score (nSPS) is 15.6. The lowest BCUT2D eigenvalue weighted by molar-refractivity contribution is -0.118. The Morgan fingerprint density at radius 3 is 3.00 bits per heavy atom. The van der Waals surface area contributed by atoms with Crippen LogP contribution in [-0.4, -0.2) is 36.0 Å². The second-order valence-corrected chi connectivity index (χ2v) is 8.81. The van der Waals surface area contributed by atoms with Crippen molar-refractivity contribution in [1.82, 2.24) is 10.3 Å². The largest absolute Gasteiger partial charge is 0.493 e. The summed E-state index contributed by atoms with van der Waals surface area (Å²) >= 11 is 1.64. The van der Waals surface area contributed by atoms with Gasteiger partial charge in [-0.15, -0.1) is 11.3 Å². The number of carbonyl (C=O) groups is 1. The molecule has 0 saturated carbocycles. The maximum absolute atomic E-state index is 10.9. The van der Waals surface area contributed by atoms with Gasteiger partial charge in [0.1, 0.15) is 17.8 Å². The summed E-state index contributed by atoms with van der Waals surface area (Å²) in [6.45, 7) is 3.38. The summed E-state index contributed by atoms with van der Waals surface area (Å²) in [5, 5.41) is 3.65. The number of anilines is 1. The lowest BCUT2D eigenvalue weighted by atomic mass is 10.1. The minimum Gasteiger partial charge on any atom is -0.493 e. The fourth-order valence-corrected chi connectivity index (χ4v) is 4.58. The molecule has 3 aromatic rings. The van der Waals surface area contributed by atoms with E-state index in [0.29, 0.717) is 13.0 Å². The van der Waals surface area contributed by atoms with Gasteiger partial charge >= 0.3 is 0 Å². The van der Waals surface area contributed by atoms with E-state index >= 15 is 0 Å². The van der Waals surface area contributed by atoms with Crippen LogP contribution in [0, 0.1) is 0 Å². The van der Waals surface area contributed by atoms with Crippen LogP contribution in [0.1, 0.15) is 31.7 Å². The van der Waals surface area contributed by atoms with Crippen LogP contribution in [0.2, 0.25) is 0 Å². The van der Waals surface area contributed by atoms with Crippen LogP contribution in [0.5, 0.6) is 5.75 Å². The number of benzene rings is 2. The number of nitrogens with two attached hydrogens (primary N) is 1. The molecule has 0 fully saturated rings. The van der Waals surface area contributed by atoms with Gasteiger partial charge < -0.3 is 15.4 Å². The Labute approximate surface area is 198 Å². The molecule has 1 unspecified atom stereocenters. The van der Waals surface area contributed by atoms with E-state index in [2.05, 4.69) is 50.5 Å². The molecule has 1 atom stereocenters. The number of unbranched alkanes of at least 4 members (excludes halogenated alkanes) is 1. The molecule has 1 aliphatic heterocycles. The molecule has 8 heteroatoms. The maximum Gasteiger partial charge on any atom is 0.217 e. The topological polar surface area (TPSA) is 92.8 Å². The number of para-hydroxylation sites is 1. The highest BCUT2D eigenvalue weighted by Crippen LogP contribution is 2.27. The Balaban J connectivity index is 1.36. The highest BCUT2D eigenvalue weighted by molar-refractivity contribution is 7.16. The molecular weight excluding hydrogens is 434 g/mol. The molecule has 33 heavy (non-hydrogen) atoms.